The van der Waals surface area contributed by atoms with Crippen molar-refractivity contribution in [2.75, 3.05) is 11.1 Å². The first kappa shape index (κ1) is 15.5. The average Bonchev–Trinajstić information content (AvgIpc) is 2.75. The predicted molar refractivity (Wildman–Crippen MR) is 94.5 cm³/mol. The largest absolute Gasteiger partial charge is 0.399 e. The van der Waals surface area contributed by atoms with Gasteiger partial charge in [0.15, 0.2) is 0 Å². The minimum absolute atomic E-state index is 0.220. The molecule has 0 aliphatic heterocycles. The summed E-state index contributed by atoms with van der Waals surface area (Å²) in [5.74, 6) is 0.558. The molecule has 118 valence electrons. The SMILES string of the molecule is NC1=CC(c2c(Cl)cc(Nc3n[nH]c(N)n3)cc2Cl)=CCC=C1. The maximum atomic E-state index is 6.41. The van der Waals surface area contributed by atoms with Crippen molar-refractivity contribution in [2.45, 2.75) is 6.42 Å². The first-order chi connectivity index (χ1) is 11.0. The van der Waals surface area contributed by atoms with Crippen LogP contribution in [0.25, 0.3) is 5.57 Å². The quantitative estimate of drug-likeness (QED) is 0.677. The van der Waals surface area contributed by atoms with Crippen LogP contribution in [0.1, 0.15) is 12.0 Å². The van der Waals surface area contributed by atoms with E-state index in [0.717, 1.165) is 17.6 Å². The number of nitrogens with two attached hydrogens (primary N) is 2. The van der Waals surface area contributed by atoms with Crippen LogP contribution in [0.5, 0.6) is 0 Å². The third-order valence-corrected chi connectivity index (χ3v) is 3.79. The summed E-state index contributed by atoms with van der Waals surface area (Å²) in [5.41, 5.74) is 14.3. The molecule has 1 aliphatic carbocycles. The molecule has 0 bridgehead atoms. The standard InChI is InChI=1S/C15H14Cl2N6/c16-11-6-10(20-15-21-14(19)22-23-15)7-12(17)13(11)8-3-1-2-4-9(18)5-8/h2-7H,1,18H2,(H4,19,20,21,22,23). The van der Waals surface area contributed by atoms with E-state index in [2.05, 4.69) is 20.5 Å². The van der Waals surface area contributed by atoms with Gasteiger partial charge < -0.3 is 16.8 Å². The summed E-state index contributed by atoms with van der Waals surface area (Å²) in [5, 5.41) is 10.4. The van der Waals surface area contributed by atoms with E-state index in [1.165, 1.54) is 0 Å². The third-order valence-electron chi connectivity index (χ3n) is 3.20. The number of aromatic amines is 1. The van der Waals surface area contributed by atoms with Gasteiger partial charge in [-0.1, -0.05) is 35.4 Å². The molecule has 0 spiro atoms. The summed E-state index contributed by atoms with van der Waals surface area (Å²) in [7, 11) is 0. The van der Waals surface area contributed by atoms with Crippen LogP contribution in [-0.4, -0.2) is 15.2 Å². The Morgan fingerprint density at radius 1 is 1.17 bits per heavy atom. The molecule has 1 aromatic heterocycles. The van der Waals surface area contributed by atoms with Crippen molar-refractivity contribution >= 4 is 46.4 Å². The Morgan fingerprint density at radius 3 is 2.57 bits per heavy atom. The first-order valence-electron chi connectivity index (χ1n) is 6.81. The lowest BCUT2D eigenvalue weighted by molar-refractivity contribution is 1.10. The number of nitrogen functional groups attached to an aromatic ring is 1. The Labute approximate surface area is 142 Å². The van der Waals surface area contributed by atoms with Crippen molar-refractivity contribution in [3.63, 3.8) is 0 Å². The Morgan fingerprint density at radius 2 is 1.91 bits per heavy atom. The smallest absolute Gasteiger partial charge is 0.248 e. The van der Waals surface area contributed by atoms with E-state index < -0.39 is 0 Å². The van der Waals surface area contributed by atoms with Crippen LogP contribution in [0.3, 0.4) is 0 Å². The fraction of sp³-hybridized carbons (Fsp3) is 0.0667. The normalized spacial score (nSPS) is 14.2. The number of anilines is 3. The molecular weight excluding hydrogens is 335 g/mol. The zero-order chi connectivity index (χ0) is 16.4. The first-order valence-corrected chi connectivity index (χ1v) is 7.56. The lowest BCUT2D eigenvalue weighted by Crippen LogP contribution is -1.96. The molecule has 8 heteroatoms. The van der Waals surface area contributed by atoms with Crippen LogP contribution in [0.4, 0.5) is 17.6 Å². The van der Waals surface area contributed by atoms with Crippen LogP contribution in [0.2, 0.25) is 10.0 Å². The maximum Gasteiger partial charge on any atom is 0.248 e. The lowest BCUT2D eigenvalue weighted by Gasteiger charge is -2.11. The van der Waals surface area contributed by atoms with E-state index in [9.17, 15) is 0 Å². The monoisotopic (exact) mass is 348 g/mol. The van der Waals surface area contributed by atoms with Crippen LogP contribution in [0.15, 0.2) is 42.1 Å². The zero-order valence-corrected chi connectivity index (χ0v) is 13.5. The number of H-pyrrole nitrogens is 1. The number of aromatic nitrogens is 3. The van der Waals surface area contributed by atoms with Gasteiger partial charge in [0.25, 0.3) is 0 Å². The van der Waals surface area contributed by atoms with Gasteiger partial charge in [-0.2, -0.15) is 4.98 Å². The van der Waals surface area contributed by atoms with E-state index in [1.54, 1.807) is 12.1 Å². The Hall–Kier alpha value is -2.44. The van der Waals surface area contributed by atoms with Gasteiger partial charge in [0, 0.05) is 16.9 Å². The van der Waals surface area contributed by atoms with E-state index >= 15 is 0 Å². The van der Waals surface area contributed by atoms with Crippen LogP contribution < -0.4 is 16.8 Å². The summed E-state index contributed by atoms with van der Waals surface area (Å²) >= 11 is 12.8. The number of nitrogens with zero attached hydrogens (tertiary/aromatic N) is 2. The average molecular weight is 349 g/mol. The van der Waals surface area contributed by atoms with Gasteiger partial charge >= 0.3 is 0 Å². The van der Waals surface area contributed by atoms with Crippen molar-refractivity contribution in [3.05, 3.63) is 57.7 Å². The van der Waals surface area contributed by atoms with Gasteiger partial charge in [0.05, 0.1) is 10.0 Å². The molecule has 0 unspecified atom stereocenters. The second-order valence-electron chi connectivity index (χ2n) is 4.93. The van der Waals surface area contributed by atoms with Crippen LogP contribution in [-0.2, 0) is 0 Å². The fourth-order valence-corrected chi connectivity index (χ4v) is 2.95. The van der Waals surface area contributed by atoms with Crippen LogP contribution in [0, 0.1) is 0 Å². The molecule has 0 amide bonds. The van der Waals surface area contributed by atoms with Crippen molar-refractivity contribution in [2.24, 2.45) is 5.73 Å². The van der Waals surface area contributed by atoms with Gasteiger partial charge in [0.2, 0.25) is 11.9 Å². The predicted octanol–water partition coefficient (Wildman–Crippen LogP) is 3.62. The van der Waals surface area contributed by atoms with E-state index in [4.69, 9.17) is 34.7 Å². The number of nitrogens with one attached hydrogen (secondary N) is 2. The van der Waals surface area contributed by atoms with Gasteiger partial charge in [-0.25, -0.2) is 5.10 Å². The molecule has 0 atom stereocenters. The lowest BCUT2D eigenvalue weighted by atomic mass is 10.0. The molecule has 0 fully saturated rings. The molecule has 0 radical (unpaired) electrons. The summed E-state index contributed by atoms with van der Waals surface area (Å²) in [6.45, 7) is 0. The molecule has 3 rings (SSSR count). The molecule has 23 heavy (non-hydrogen) atoms. The third kappa shape index (κ3) is 3.49. The minimum Gasteiger partial charge on any atom is -0.399 e. The maximum absolute atomic E-state index is 6.41. The summed E-state index contributed by atoms with van der Waals surface area (Å²) in [6.07, 6.45) is 8.46. The van der Waals surface area contributed by atoms with Crippen molar-refractivity contribution in [1.29, 1.82) is 0 Å². The molecule has 1 aromatic carbocycles. The highest BCUT2D eigenvalue weighted by molar-refractivity contribution is 6.38. The van der Waals surface area contributed by atoms with Crippen molar-refractivity contribution in [1.82, 2.24) is 15.2 Å². The minimum atomic E-state index is 0.220. The second kappa shape index (κ2) is 6.36. The summed E-state index contributed by atoms with van der Waals surface area (Å²) in [6, 6.07) is 3.50. The molecule has 1 heterocycles. The number of hydrogen-bond donors (Lipinski definition) is 4. The second-order valence-corrected chi connectivity index (χ2v) is 5.74. The molecule has 0 saturated carbocycles. The van der Waals surface area contributed by atoms with Crippen molar-refractivity contribution < 1.29 is 0 Å². The van der Waals surface area contributed by atoms with E-state index in [-0.39, 0.29) is 5.95 Å². The molecule has 2 aromatic rings. The number of allylic oxidation sites excluding steroid dienone is 5. The molecule has 1 aliphatic rings. The van der Waals surface area contributed by atoms with E-state index in [0.29, 0.717) is 27.4 Å². The number of hydrogen-bond acceptors (Lipinski definition) is 5. The van der Waals surface area contributed by atoms with Gasteiger partial charge in [0.1, 0.15) is 0 Å². The van der Waals surface area contributed by atoms with Gasteiger partial charge in [-0.15, -0.1) is 5.10 Å². The highest BCUT2D eigenvalue weighted by Crippen LogP contribution is 2.36. The number of rotatable bonds is 3. The molecule has 6 N–H and O–H groups in total. The zero-order valence-electron chi connectivity index (χ0n) is 12.0. The Balaban J connectivity index is 1.95. The summed E-state index contributed by atoms with van der Waals surface area (Å²) < 4.78 is 0. The molecule has 0 saturated heterocycles. The van der Waals surface area contributed by atoms with Gasteiger partial charge in [-0.3, -0.25) is 0 Å². The fourth-order valence-electron chi connectivity index (χ4n) is 2.24. The Kier molecular flexibility index (Phi) is 4.27. The van der Waals surface area contributed by atoms with E-state index in [1.807, 2.05) is 24.3 Å². The highest BCUT2D eigenvalue weighted by atomic mass is 35.5. The summed E-state index contributed by atoms with van der Waals surface area (Å²) in [4.78, 5) is 3.97. The molecular formula is C15H14Cl2N6. The van der Waals surface area contributed by atoms with Crippen molar-refractivity contribution in [3.8, 4) is 0 Å². The van der Waals surface area contributed by atoms with Gasteiger partial charge in [-0.05, 0) is 36.3 Å². The Bertz CT molecular complexity index is 811. The molecule has 6 nitrogen and oxygen atoms in total. The van der Waals surface area contributed by atoms with Crippen LogP contribution >= 0.6 is 23.2 Å². The number of halogens is 2. The number of benzene rings is 1. The topological polar surface area (TPSA) is 106 Å². The highest BCUT2D eigenvalue weighted by Gasteiger charge is 2.13.